The van der Waals surface area contributed by atoms with Crippen LogP contribution in [0.1, 0.15) is 25.7 Å². The normalized spacial score (nSPS) is 28.1. The summed E-state index contributed by atoms with van der Waals surface area (Å²) in [5.41, 5.74) is 0. The Morgan fingerprint density at radius 1 is 1.62 bits per heavy atom. The molecule has 0 radical (unpaired) electrons. The van der Waals surface area contributed by atoms with Gasteiger partial charge in [-0.05, 0) is 6.42 Å². The minimum absolute atomic E-state index is 0.323. The van der Waals surface area contributed by atoms with Crippen molar-refractivity contribution in [3.8, 4) is 0 Å². The van der Waals surface area contributed by atoms with Crippen molar-refractivity contribution in [2.75, 3.05) is 0 Å². The molecule has 1 nitrogen and oxygen atoms in total. The summed E-state index contributed by atoms with van der Waals surface area (Å²) in [4.78, 5) is 3.47. The molecule has 1 rings (SSSR count). The molecule has 1 aliphatic carbocycles. The molecule has 0 aromatic rings. The highest BCUT2D eigenvalue weighted by Gasteiger charge is 2.22. The summed E-state index contributed by atoms with van der Waals surface area (Å²) in [6.45, 7) is 6.70. The zero-order chi connectivity index (χ0) is 5.82. The van der Waals surface area contributed by atoms with Crippen LogP contribution in [0.15, 0.2) is 0 Å². The van der Waals surface area contributed by atoms with E-state index in [1.54, 1.807) is 0 Å². The molecule has 0 aromatic heterocycles. The molecule has 0 heterocycles. The zero-order valence-corrected chi connectivity index (χ0v) is 4.93. The SMILES string of the molecule is [C-]#[N+]C1C[CH+]CCC1. The van der Waals surface area contributed by atoms with Crippen molar-refractivity contribution in [1.29, 1.82) is 0 Å². The summed E-state index contributed by atoms with van der Waals surface area (Å²) in [6.07, 6.45) is 6.84. The maximum absolute atomic E-state index is 6.70. The van der Waals surface area contributed by atoms with Crippen LogP contribution in [-0.4, -0.2) is 6.04 Å². The van der Waals surface area contributed by atoms with Crippen LogP contribution >= 0.6 is 0 Å². The third-order valence-corrected chi connectivity index (χ3v) is 1.57. The van der Waals surface area contributed by atoms with Crippen LogP contribution in [0.5, 0.6) is 0 Å². The lowest BCUT2D eigenvalue weighted by Crippen LogP contribution is -2.06. The quantitative estimate of drug-likeness (QED) is 0.418. The van der Waals surface area contributed by atoms with Gasteiger partial charge in [-0.15, -0.1) is 0 Å². The Bertz CT molecular complexity index is 95.4. The molecule has 1 saturated carbocycles. The Morgan fingerprint density at radius 3 is 2.88 bits per heavy atom. The predicted molar refractivity (Wildman–Crippen MR) is 33.2 cm³/mol. The molecule has 1 unspecified atom stereocenters. The summed E-state index contributed by atoms with van der Waals surface area (Å²) < 4.78 is 0. The smallest absolute Gasteiger partial charge is 0.263 e. The number of rotatable bonds is 0. The molecule has 0 aromatic carbocycles. The molecule has 0 aliphatic heterocycles. The van der Waals surface area contributed by atoms with Gasteiger partial charge in [-0.2, -0.15) is 0 Å². The van der Waals surface area contributed by atoms with E-state index in [1.807, 2.05) is 0 Å². The van der Waals surface area contributed by atoms with Crippen LogP contribution < -0.4 is 0 Å². The minimum atomic E-state index is 0.323. The maximum Gasteiger partial charge on any atom is 0.263 e. The molecule has 0 amide bonds. The van der Waals surface area contributed by atoms with Gasteiger partial charge in [0.15, 0.2) is 6.42 Å². The average molecular weight is 108 g/mol. The fourth-order valence-electron chi connectivity index (χ4n) is 1.04. The average Bonchev–Trinajstić information content (AvgIpc) is 1.90. The Balaban J connectivity index is 2.25. The first-order valence-corrected chi connectivity index (χ1v) is 3.11. The van der Waals surface area contributed by atoms with Crippen molar-refractivity contribution < 1.29 is 0 Å². The van der Waals surface area contributed by atoms with E-state index in [9.17, 15) is 0 Å². The second-order valence-electron chi connectivity index (χ2n) is 2.24. The van der Waals surface area contributed by atoms with Gasteiger partial charge in [0.05, 0.1) is 12.8 Å². The van der Waals surface area contributed by atoms with Gasteiger partial charge in [0, 0.05) is 6.42 Å². The molecule has 1 fully saturated rings. The Kier molecular flexibility index (Phi) is 1.80. The summed E-state index contributed by atoms with van der Waals surface area (Å²) in [5.74, 6) is 0. The van der Waals surface area contributed by atoms with Gasteiger partial charge in [0.2, 0.25) is 0 Å². The molecule has 0 bridgehead atoms. The van der Waals surface area contributed by atoms with E-state index in [2.05, 4.69) is 11.3 Å². The molecule has 0 N–H and O–H groups in total. The van der Waals surface area contributed by atoms with Crippen molar-refractivity contribution in [2.45, 2.75) is 31.7 Å². The predicted octanol–water partition coefficient (Wildman–Crippen LogP) is 2.05. The molecule has 42 valence electrons. The van der Waals surface area contributed by atoms with Crippen molar-refractivity contribution in [3.05, 3.63) is 17.8 Å². The van der Waals surface area contributed by atoms with Crippen molar-refractivity contribution in [2.24, 2.45) is 0 Å². The van der Waals surface area contributed by atoms with Crippen LogP contribution in [0.3, 0.4) is 0 Å². The molecule has 0 saturated heterocycles. The first-order chi connectivity index (χ1) is 3.93. The van der Waals surface area contributed by atoms with Gasteiger partial charge in [0.25, 0.3) is 6.04 Å². The van der Waals surface area contributed by atoms with Gasteiger partial charge in [-0.25, -0.2) is 6.57 Å². The zero-order valence-electron chi connectivity index (χ0n) is 4.93. The van der Waals surface area contributed by atoms with E-state index in [-0.39, 0.29) is 0 Å². The van der Waals surface area contributed by atoms with Gasteiger partial charge in [-0.1, -0.05) is 0 Å². The van der Waals surface area contributed by atoms with Crippen LogP contribution in [-0.2, 0) is 0 Å². The van der Waals surface area contributed by atoms with Crippen LogP contribution in [0.2, 0.25) is 0 Å². The van der Waals surface area contributed by atoms with E-state index in [4.69, 9.17) is 6.57 Å². The van der Waals surface area contributed by atoms with E-state index in [0.717, 1.165) is 12.8 Å². The second kappa shape index (κ2) is 2.61. The van der Waals surface area contributed by atoms with Crippen LogP contribution in [0.25, 0.3) is 4.85 Å². The summed E-state index contributed by atoms with van der Waals surface area (Å²) in [5, 5.41) is 0. The molecule has 8 heavy (non-hydrogen) atoms. The second-order valence-corrected chi connectivity index (χ2v) is 2.24. The van der Waals surface area contributed by atoms with E-state index >= 15 is 0 Å². The highest BCUT2D eigenvalue weighted by atomic mass is 14.7. The number of hydrogen-bond donors (Lipinski definition) is 0. The van der Waals surface area contributed by atoms with E-state index in [0.29, 0.717) is 6.04 Å². The molecular weight excluding hydrogens is 98.1 g/mol. The molecule has 1 atom stereocenters. The first-order valence-electron chi connectivity index (χ1n) is 3.11. The highest BCUT2D eigenvalue weighted by Crippen LogP contribution is 2.18. The molecular formula is C7H10N+. The number of nitrogens with zero attached hydrogens (tertiary/aromatic N) is 1. The van der Waals surface area contributed by atoms with Crippen molar-refractivity contribution in [1.82, 2.24) is 0 Å². The summed E-state index contributed by atoms with van der Waals surface area (Å²) in [7, 11) is 0. The van der Waals surface area contributed by atoms with Gasteiger partial charge < -0.3 is 4.85 Å². The third kappa shape index (κ3) is 1.16. The first kappa shape index (κ1) is 5.50. The van der Waals surface area contributed by atoms with Crippen molar-refractivity contribution >= 4 is 0 Å². The van der Waals surface area contributed by atoms with E-state index < -0.39 is 0 Å². The maximum atomic E-state index is 6.70. The largest absolute Gasteiger partial charge is 0.309 e. The van der Waals surface area contributed by atoms with Gasteiger partial charge in [0.1, 0.15) is 0 Å². The third-order valence-electron chi connectivity index (χ3n) is 1.57. The van der Waals surface area contributed by atoms with Crippen LogP contribution in [0.4, 0.5) is 0 Å². The number of hydrogen-bond acceptors (Lipinski definition) is 0. The molecule has 0 spiro atoms. The van der Waals surface area contributed by atoms with E-state index in [1.165, 1.54) is 12.8 Å². The fourth-order valence-corrected chi connectivity index (χ4v) is 1.04. The summed E-state index contributed by atoms with van der Waals surface area (Å²) >= 11 is 0. The van der Waals surface area contributed by atoms with Crippen LogP contribution in [0, 0.1) is 13.0 Å². The Hall–Kier alpha value is -0.640. The van der Waals surface area contributed by atoms with Gasteiger partial charge in [-0.3, -0.25) is 0 Å². The fraction of sp³-hybridized carbons (Fsp3) is 0.714. The van der Waals surface area contributed by atoms with Gasteiger partial charge >= 0.3 is 0 Å². The molecule has 1 heteroatoms. The standard InChI is InChI=1S/C7H10N/c1-8-7-5-3-2-4-6-7/h3,7H,2,4-6H2/q+1. The Labute approximate surface area is 50.5 Å². The summed E-state index contributed by atoms with van der Waals surface area (Å²) in [6, 6.07) is 0.323. The minimum Gasteiger partial charge on any atom is -0.309 e. The topological polar surface area (TPSA) is 4.36 Å². The Morgan fingerprint density at radius 2 is 2.50 bits per heavy atom. The molecule has 1 aliphatic rings. The lowest BCUT2D eigenvalue weighted by molar-refractivity contribution is 0.562. The van der Waals surface area contributed by atoms with Crippen molar-refractivity contribution in [3.63, 3.8) is 0 Å². The highest BCUT2D eigenvalue weighted by molar-refractivity contribution is 4.88. The lowest BCUT2D eigenvalue weighted by Gasteiger charge is -2.02. The lowest BCUT2D eigenvalue weighted by atomic mass is 9.96. The monoisotopic (exact) mass is 108 g/mol.